The number of nitrogens with one attached hydrogen (secondary N) is 1. The summed E-state index contributed by atoms with van der Waals surface area (Å²) in [4.78, 5) is 10.6. The van der Waals surface area contributed by atoms with E-state index in [0.717, 1.165) is 61.2 Å². The monoisotopic (exact) mass is 729 g/mol. The second-order valence-electron chi connectivity index (χ2n) is 14.6. The standard InChI is InChI=1S/C53H35N3O/c1-2-10-34(11-3-1)37-20-26-39(27-21-37)45-16-8-17-46-49-47(18-9-19-48(49)57-50(45)46)53-55-51(54-52(56-53)44-31-25-36-13-5-7-15-42(36)33-44)40-28-22-38(23-29-40)43-30-24-35-12-4-6-14-41(35)32-43/h1-33,52H,(H,54,55,56). The number of furan rings is 1. The first-order chi connectivity index (χ1) is 28.2. The van der Waals surface area contributed by atoms with Gasteiger partial charge in [0.05, 0.1) is 0 Å². The summed E-state index contributed by atoms with van der Waals surface area (Å²) in [5.41, 5.74) is 11.5. The summed E-state index contributed by atoms with van der Waals surface area (Å²) in [5, 5.41) is 10.6. The van der Waals surface area contributed by atoms with E-state index in [1.807, 2.05) is 18.2 Å². The molecule has 0 fully saturated rings. The first-order valence-electron chi connectivity index (χ1n) is 19.3. The van der Waals surface area contributed by atoms with Crippen LogP contribution in [-0.4, -0.2) is 11.7 Å². The number of hydrogen-bond donors (Lipinski definition) is 1. The predicted octanol–water partition coefficient (Wildman–Crippen LogP) is 13.4. The molecule has 4 heteroatoms. The van der Waals surface area contributed by atoms with Crippen LogP contribution >= 0.6 is 0 Å². The highest BCUT2D eigenvalue weighted by Crippen LogP contribution is 2.39. The molecular formula is C53H35N3O. The van der Waals surface area contributed by atoms with Crippen molar-refractivity contribution in [3.05, 3.63) is 217 Å². The minimum absolute atomic E-state index is 0.357. The molecule has 1 aliphatic heterocycles. The molecule has 0 spiro atoms. The van der Waals surface area contributed by atoms with Crippen molar-refractivity contribution in [2.24, 2.45) is 9.98 Å². The van der Waals surface area contributed by atoms with E-state index in [1.165, 1.54) is 38.2 Å². The summed E-state index contributed by atoms with van der Waals surface area (Å²) in [5.74, 6) is 1.43. The largest absolute Gasteiger partial charge is 0.455 e. The second-order valence-corrected chi connectivity index (χ2v) is 14.6. The number of nitrogens with zero attached hydrogens (tertiary/aromatic N) is 2. The van der Waals surface area contributed by atoms with Gasteiger partial charge in [-0.15, -0.1) is 0 Å². The Hall–Kier alpha value is -7.56. The maximum Gasteiger partial charge on any atom is 0.160 e. The highest BCUT2D eigenvalue weighted by Gasteiger charge is 2.24. The summed E-state index contributed by atoms with van der Waals surface area (Å²) in [6.45, 7) is 0. The molecule has 2 heterocycles. The van der Waals surface area contributed by atoms with E-state index in [2.05, 4.69) is 187 Å². The molecule has 1 atom stereocenters. The molecule has 1 unspecified atom stereocenters. The van der Waals surface area contributed by atoms with Crippen molar-refractivity contribution in [2.75, 3.05) is 0 Å². The summed E-state index contributed by atoms with van der Waals surface area (Å²) in [6.07, 6.45) is -0.357. The molecule has 57 heavy (non-hydrogen) atoms. The fourth-order valence-corrected chi connectivity index (χ4v) is 8.19. The minimum Gasteiger partial charge on any atom is -0.455 e. The molecule has 268 valence electrons. The van der Waals surface area contributed by atoms with Crippen molar-refractivity contribution in [3.63, 3.8) is 0 Å². The van der Waals surface area contributed by atoms with E-state index < -0.39 is 0 Å². The summed E-state index contributed by atoms with van der Waals surface area (Å²) >= 11 is 0. The van der Waals surface area contributed by atoms with E-state index in [4.69, 9.17) is 14.4 Å². The number of para-hydroxylation sites is 1. The Morgan fingerprint density at radius 1 is 0.421 bits per heavy atom. The fraction of sp³-hybridized carbons (Fsp3) is 0.0189. The van der Waals surface area contributed by atoms with Gasteiger partial charge in [-0.2, -0.15) is 0 Å². The van der Waals surface area contributed by atoms with Gasteiger partial charge in [-0.25, -0.2) is 9.98 Å². The Morgan fingerprint density at radius 2 is 1.00 bits per heavy atom. The molecule has 1 aromatic heterocycles. The Kier molecular flexibility index (Phi) is 7.85. The Bertz CT molecular complexity index is 3190. The van der Waals surface area contributed by atoms with Crippen LogP contribution < -0.4 is 5.32 Å². The van der Waals surface area contributed by atoms with Crippen LogP contribution in [0.2, 0.25) is 0 Å². The zero-order valence-electron chi connectivity index (χ0n) is 30.9. The highest BCUT2D eigenvalue weighted by molar-refractivity contribution is 6.23. The van der Waals surface area contributed by atoms with E-state index in [0.29, 0.717) is 5.84 Å². The maximum absolute atomic E-state index is 6.72. The summed E-state index contributed by atoms with van der Waals surface area (Å²) < 4.78 is 6.72. The van der Waals surface area contributed by atoms with Crippen molar-refractivity contribution in [3.8, 4) is 33.4 Å². The van der Waals surface area contributed by atoms with Gasteiger partial charge in [-0.3, -0.25) is 0 Å². The van der Waals surface area contributed by atoms with Crippen LogP contribution in [0.4, 0.5) is 0 Å². The fourth-order valence-electron chi connectivity index (χ4n) is 8.19. The molecule has 9 aromatic carbocycles. The molecule has 10 aromatic rings. The lowest BCUT2D eigenvalue weighted by Gasteiger charge is -2.24. The van der Waals surface area contributed by atoms with Crippen molar-refractivity contribution >= 4 is 55.2 Å². The molecule has 1 aliphatic rings. The molecule has 4 nitrogen and oxygen atoms in total. The van der Waals surface area contributed by atoms with E-state index >= 15 is 0 Å². The van der Waals surface area contributed by atoms with Gasteiger partial charge >= 0.3 is 0 Å². The maximum atomic E-state index is 6.72. The van der Waals surface area contributed by atoms with Gasteiger partial charge in [-0.05, 0) is 73.1 Å². The Labute approximate surface area is 330 Å². The molecule has 0 amide bonds. The molecule has 0 bridgehead atoms. The van der Waals surface area contributed by atoms with Crippen LogP contribution in [0.25, 0.3) is 76.9 Å². The van der Waals surface area contributed by atoms with Crippen molar-refractivity contribution in [1.82, 2.24) is 5.32 Å². The number of rotatable bonds is 6. The van der Waals surface area contributed by atoms with Crippen LogP contribution in [0.3, 0.4) is 0 Å². The van der Waals surface area contributed by atoms with Crippen LogP contribution in [0, 0.1) is 0 Å². The molecule has 0 radical (unpaired) electrons. The SMILES string of the molecule is c1ccc(-c2ccc(-c3cccc4c3oc3cccc(C5=NC(c6ccc7ccccc7c6)NC(c6ccc(-c7ccc8ccccc8c7)cc6)=N5)c34)cc2)cc1. The van der Waals surface area contributed by atoms with Crippen molar-refractivity contribution in [1.29, 1.82) is 0 Å². The van der Waals surface area contributed by atoms with Crippen molar-refractivity contribution in [2.45, 2.75) is 6.17 Å². The summed E-state index contributed by atoms with van der Waals surface area (Å²) in [7, 11) is 0. The molecule has 0 aliphatic carbocycles. The zero-order valence-corrected chi connectivity index (χ0v) is 30.9. The third-order valence-electron chi connectivity index (χ3n) is 11.1. The quantitative estimate of drug-likeness (QED) is 0.185. The van der Waals surface area contributed by atoms with Crippen LogP contribution in [0.15, 0.2) is 215 Å². The Balaban J connectivity index is 1.02. The van der Waals surface area contributed by atoms with Gasteiger partial charge in [0.1, 0.15) is 23.2 Å². The first kappa shape index (κ1) is 32.8. The topological polar surface area (TPSA) is 49.9 Å². The molecule has 1 N–H and O–H groups in total. The lowest BCUT2D eigenvalue weighted by atomic mass is 9.98. The summed E-state index contributed by atoms with van der Waals surface area (Å²) in [6, 6.07) is 70.5. The number of benzene rings is 9. The van der Waals surface area contributed by atoms with Gasteiger partial charge in [-0.1, -0.05) is 182 Å². The van der Waals surface area contributed by atoms with Crippen LogP contribution in [0.5, 0.6) is 0 Å². The molecular weight excluding hydrogens is 695 g/mol. The molecule has 0 saturated heterocycles. The normalized spacial score (nSPS) is 14.1. The van der Waals surface area contributed by atoms with Gasteiger partial charge < -0.3 is 9.73 Å². The van der Waals surface area contributed by atoms with Gasteiger partial charge in [0.2, 0.25) is 0 Å². The van der Waals surface area contributed by atoms with Gasteiger partial charge in [0.15, 0.2) is 5.84 Å². The molecule has 0 saturated carbocycles. The minimum atomic E-state index is -0.357. The second kappa shape index (κ2) is 13.6. The average molecular weight is 730 g/mol. The molecule has 11 rings (SSSR count). The van der Waals surface area contributed by atoms with Crippen molar-refractivity contribution < 1.29 is 4.42 Å². The predicted molar refractivity (Wildman–Crippen MR) is 237 cm³/mol. The lowest BCUT2D eigenvalue weighted by Crippen LogP contribution is -2.33. The lowest BCUT2D eigenvalue weighted by molar-refractivity contribution is 0.669. The first-order valence-corrected chi connectivity index (χ1v) is 19.3. The third kappa shape index (κ3) is 5.96. The van der Waals surface area contributed by atoms with Gasteiger partial charge in [0.25, 0.3) is 0 Å². The van der Waals surface area contributed by atoms with Crippen LogP contribution in [0.1, 0.15) is 22.9 Å². The van der Waals surface area contributed by atoms with E-state index in [1.54, 1.807) is 0 Å². The number of hydrogen-bond acceptors (Lipinski definition) is 4. The number of amidine groups is 2. The van der Waals surface area contributed by atoms with Crippen LogP contribution in [-0.2, 0) is 0 Å². The Morgan fingerprint density at radius 3 is 1.77 bits per heavy atom. The van der Waals surface area contributed by atoms with Gasteiger partial charge in [0, 0.05) is 27.5 Å². The van der Waals surface area contributed by atoms with E-state index in [-0.39, 0.29) is 6.17 Å². The third-order valence-corrected chi connectivity index (χ3v) is 11.1. The number of fused-ring (bicyclic) bond motifs is 5. The van der Waals surface area contributed by atoms with E-state index in [9.17, 15) is 0 Å². The highest BCUT2D eigenvalue weighted by atomic mass is 16.3. The average Bonchev–Trinajstić information content (AvgIpc) is 3.68. The smallest absolute Gasteiger partial charge is 0.160 e. The number of aliphatic imine (C=N–C) groups is 2. The zero-order chi connectivity index (χ0) is 37.7.